The summed E-state index contributed by atoms with van der Waals surface area (Å²) in [5.74, 6) is 1.61. The van der Waals surface area contributed by atoms with Crippen molar-refractivity contribution in [1.82, 2.24) is 10.2 Å². The molecule has 1 fully saturated rings. The summed E-state index contributed by atoms with van der Waals surface area (Å²) in [5.41, 5.74) is 0.408. The van der Waals surface area contributed by atoms with E-state index in [1.54, 1.807) is 0 Å². The minimum absolute atomic E-state index is 0.408. The van der Waals surface area contributed by atoms with Crippen molar-refractivity contribution in [2.75, 3.05) is 39.9 Å². The summed E-state index contributed by atoms with van der Waals surface area (Å²) >= 11 is 0. The van der Waals surface area contributed by atoms with Gasteiger partial charge in [-0.05, 0) is 17.8 Å². The van der Waals surface area contributed by atoms with Gasteiger partial charge in [-0.25, -0.2) is 0 Å². The monoisotopic (exact) mass is 255 g/mol. The van der Waals surface area contributed by atoms with E-state index in [1.807, 2.05) is 7.05 Å². The molecule has 0 aromatic carbocycles. The minimum Gasteiger partial charge on any atom is -0.379 e. The van der Waals surface area contributed by atoms with Crippen molar-refractivity contribution in [1.29, 1.82) is 0 Å². The normalized spacial score (nSPS) is 19.7. The highest BCUT2D eigenvalue weighted by Gasteiger charge is 2.30. The highest BCUT2D eigenvalue weighted by molar-refractivity contribution is 5.80. The zero-order valence-electron chi connectivity index (χ0n) is 12.6. The number of rotatable bonds is 5. The van der Waals surface area contributed by atoms with Crippen LogP contribution in [-0.4, -0.2) is 50.8 Å². The summed E-state index contributed by atoms with van der Waals surface area (Å²) in [7, 11) is 1.85. The molecule has 0 atom stereocenters. The summed E-state index contributed by atoms with van der Waals surface area (Å²) in [4.78, 5) is 6.68. The number of guanidine groups is 1. The zero-order chi connectivity index (χ0) is 13.6. The maximum atomic E-state index is 5.56. The van der Waals surface area contributed by atoms with Gasteiger partial charge in [0.05, 0.1) is 6.61 Å². The van der Waals surface area contributed by atoms with Gasteiger partial charge in [0.15, 0.2) is 5.96 Å². The fraction of sp³-hybridized carbons (Fsp3) is 0.929. The van der Waals surface area contributed by atoms with Crippen molar-refractivity contribution < 1.29 is 4.74 Å². The Labute approximate surface area is 112 Å². The smallest absolute Gasteiger partial charge is 0.193 e. The maximum Gasteiger partial charge on any atom is 0.193 e. The quantitative estimate of drug-likeness (QED) is 0.463. The molecule has 0 saturated carbocycles. The Morgan fingerprint density at radius 3 is 2.67 bits per heavy atom. The van der Waals surface area contributed by atoms with E-state index >= 15 is 0 Å². The average molecular weight is 255 g/mol. The van der Waals surface area contributed by atoms with Crippen molar-refractivity contribution in [3.05, 3.63) is 0 Å². The van der Waals surface area contributed by atoms with Crippen molar-refractivity contribution in [2.24, 2.45) is 16.3 Å². The Balaban J connectivity index is 2.23. The van der Waals surface area contributed by atoms with Gasteiger partial charge in [-0.15, -0.1) is 0 Å². The van der Waals surface area contributed by atoms with Crippen LogP contribution in [-0.2, 0) is 4.74 Å². The van der Waals surface area contributed by atoms with E-state index in [0.29, 0.717) is 11.3 Å². The molecule has 0 aliphatic carbocycles. The first-order valence-corrected chi connectivity index (χ1v) is 6.98. The van der Waals surface area contributed by atoms with E-state index in [2.05, 4.69) is 42.9 Å². The molecular formula is C14H29N3O. The van der Waals surface area contributed by atoms with Crippen LogP contribution in [0.25, 0.3) is 0 Å². The first-order valence-electron chi connectivity index (χ1n) is 6.98. The third-order valence-corrected chi connectivity index (χ3v) is 3.17. The number of nitrogens with one attached hydrogen (secondary N) is 1. The molecule has 0 spiro atoms. The van der Waals surface area contributed by atoms with Crippen LogP contribution < -0.4 is 5.32 Å². The van der Waals surface area contributed by atoms with Gasteiger partial charge in [0, 0.05) is 33.3 Å². The first kappa shape index (κ1) is 15.3. The Bertz CT molecular complexity index is 274. The number of hydrogen-bond donors (Lipinski definition) is 1. The number of hydrogen-bond acceptors (Lipinski definition) is 2. The molecule has 0 amide bonds. The lowest BCUT2D eigenvalue weighted by atomic mass is 9.93. The van der Waals surface area contributed by atoms with Gasteiger partial charge < -0.3 is 15.0 Å². The molecule has 1 rings (SSSR count). The topological polar surface area (TPSA) is 36.9 Å². The Morgan fingerprint density at radius 2 is 2.17 bits per heavy atom. The summed E-state index contributed by atoms with van der Waals surface area (Å²) in [6, 6.07) is 0. The standard InChI is InChI=1S/C14H29N3O/c1-12(2)10-18-9-7-16-13(15-5)17-8-6-14(3,4)11-17/h12H,6-11H2,1-5H3,(H,15,16). The average Bonchev–Trinajstić information content (AvgIpc) is 2.63. The Kier molecular flexibility index (Phi) is 5.93. The largest absolute Gasteiger partial charge is 0.379 e. The molecule has 106 valence electrons. The molecule has 1 aliphatic heterocycles. The Morgan fingerprint density at radius 1 is 1.44 bits per heavy atom. The van der Waals surface area contributed by atoms with E-state index in [-0.39, 0.29) is 0 Å². The fourth-order valence-electron chi connectivity index (χ4n) is 2.18. The van der Waals surface area contributed by atoms with Crippen LogP contribution in [0.3, 0.4) is 0 Å². The van der Waals surface area contributed by atoms with Gasteiger partial charge in [-0.1, -0.05) is 27.7 Å². The van der Waals surface area contributed by atoms with Gasteiger partial charge in [-0.3, -0.25) is 4.99 Å². The molecule has 0 unspecified atom stereocenters. The predicted molar refractivity (Wildman–Crippen MR) is 77.0 cm³/mol. The lowest BCUT2D eigenvalue weighted by Gasteiger charge is -2.23. The third-order valence-electron chi connectivity index (χ3n) is 3.17. The van der Waals surface area contributed by atoms with Gasteiger partial charge >= 0.3 is 0 Å². The van der Waals surface area contributed by atoms with E-state index in [4.69, 9.17) is 4.74 Å². The molecular weight excluding hydrogens is 226 g/mol. The van der Waals surface area contributed by atoms with E-state index < -0.39 is 0 Å². The molecule has 1 N–H and O–H groups in total. The van der Waals surface area contributed by atoms with Crippen LogP contribution in [0.2, 0.25) is 0 Å². The number of aliphatic imine (C=N–C) groups is 1. The highest BCUT2D eigenvalue weighted by Crippen LogP contribution is 2.28. The van der Waals surface area contributed by atoms with Crippen LogP contribution >= 0.6 is 0 Å². The Hall–Kier alpha value is -0.770. The summed E-state index contributed by atoms with van der Waals surface area (Å²) < 4.78 is 5.56. The number of likely N-dealkylation sites (tertiary alicyclic amines) is 1. The lowest BCUT2D eigenvalue weighted by Crippen LogP contribution is -2.42. The van der Waals surface area contributed by atoms with Crippen molar-refractivity contribution >= 4 is 5.96 Å². The van der Waals surface area contributed by atoms with Gasteiger partial charge in [0.25, 0.3) is 0 Å². The van der Waals surface area contributed by atoms with Crippen LogP contribution in [0.4, 0.5) is 0 Å². The van der Waals surface area contributed by atoms with E-state index in [0.717, 1.165) is 38.8 Å². The second-order valence-corrected chi connectivity index (χ2v) is 6.28. The fourth-order valence-corrected chi connectivity index (χ4v) is 2.18. The second kappa shape index (κ2) is 6.98. The van der Waals surface area contributed by atoms with Crippen molar-refractivity contribution in [3.8, 4) is 0 Å². The molecule has 4 heteroatoms. The molecule has 1 saturated heterocycles. The van der Waals surface area contributed by atoms with Gasteiger partial charge in [0.2, 0.25) is 0 Å². The lowest BCUT2D eigenvalue weighted by molar-refractivity contribution is 0.114. The van der Waals surface area contributed by atoms with Crippen molar-refractivity contribution in [2.45, 2.75) is 34.1 Å². The zero-order valence-corrected chi connectivity index (χ0v) is 12.6. The van der Waals surface area contributed by atoms with Crippen LogP contribution in [0.15, 0.2) is 4.99 Å². The molecule has 0 aromatic heterocycles. The van der Waals surface area contributed by atoms with Gasteiger partial charge in [-0.2, -0.15) is 0 Å². The summed E-state index contributed by atoms with van der Waals surface area (Å²) in [6.07, 6.45) is 1.23. The number of nitrogens with zero attached hydrogens (tertiary/aromatic N) is 2. The predicted octanol–water partition coefficient (Wildman–Crippen LogP) is 1.97. The molecule has 4 nitrogen and oxygen atoms in total. The first-order chi connectivity index (χ1) is 8.44. The second-order valence-electron chi connectivity index (χ2n) is 6.28. The molecule has 1 aliphatic rings. The highest BCUT2D eigenvalue weighted by atomic mass is 16.5. The molecule has 0 aromatic rings. The summed E-state index contributed by atoms with van der Waals surface area (Å²) in [6.45, 7) is 13.5. The van der Waals surface area contributed by atoms with Crippen LogP contribution in [0.1, 0.15) is 34.1 Å². The molecule has 18 heavy (non-hydrogen) atoms. The molecule has 1 heterocycles. The summed E-state index contributed by atoms with van der Waals surface area (Å²) in [5, 5.41) is 3.37. The van der Waals surface area contributed by atoms with Gasteiger partial charge in [0.1, 0.15) is 0 Å². The van der Waals surface area contributed by atoms with Crippen LogP contribution in [0, 0.1) is 11.3 Å². The van der Waals surface area contributed by atoms with E-state index in [1.165, 1.54) is 6.42 Å². The van der Waals surface area contributed by atoms with E-state index in [9.17, 15) is 0 Å². The van der Waals surface area contributed by atoms with Crippen LogP contribution in [0.5, 0.6) is 0 Å². The maximum absolute atomic E-state index is 5.56. The third kappa shape index (κ3) is 5.25. The SMILES string of the molecule is CN=C(NCCOCC(C)C)N1CCC(C)(C)C1. The minimum atomic E-state index is 0.408. The van der Waals surface area contributed by atoms with Crippen molar-refractivity contribution in [3.63, 3.8) is 0 Å². The number of ether oxygens (including phenoxy) is 1. The molecule has 0 radical (unpaired) electrons. The molecule has 0 bridgehead atoms.